The number of ketones is 1. The standard InChI is InChI=1S/C20H30O2/c1-12-10-17-15-5-4-13-11-14(21)6-8-19(13,2)16(15)7-9-20(17,3)18(12)22/h11-12,15-18,22H,4-10H2,1-3H3/t12?,15-,16+,17+,18+,19+,20+/m1/s1/i2D3,12D. The lowest BCUT2D eigenvalue weighted by atomic mass is 9.47. The fourth-order valence-electron chi connectivity index (χ4n) is 6.31. The number of carbonyl (C=O) groups excluding carboxylic acids is 1. The molecule has 3 saturated carbocycles. The molecule has 0 aromatic heterocycles. The van der Waals surface area contributed by atoms with E-state index < -0.39 is 24.3 Å². The Morgan fingerprint density at radius 3 is 2.91 bits per heavy atom. The van der Waals surface area contributed by atoms with Crippen LogP contribution in [0.2, 0.25) is 0 Å². The molecule has 0 aromatic rings. The molecule has 0 amide bonds. The molecule has 7 atom stereocenters. The number of hydrogen-bond donors (Lipinski definition) is 1. The van der Waals surface area contributed by atoms with Crippen molar-refractivity contribution in [2.75, 3.05) is 0 Å². The van der Waals surface area contributed by atoms with Gasteiger partial charge in [-0.25, -0.2) is 0 Å². The number of rotatable bonds is 0. The lowest BCUT2D eigenvalue weighted by Gasteiger charge is -2.57. The molecule has 1 unspecified atom stereocenters. The zero-order valence-electron chi connectivity index (χ0n) is 17.7. The second kappa shape index (κ2) is 4.69. The van der Waals surface area contributed by atoms with Gasteiger partial charge >= 0.3 is 0 Å². The monoisotopic (exact) mass is 306 g/mol. The van der Waals surface area contributed by atoms with Gasteiger partial charge in [0.05, 0.1) is 6.10 Å². The Kier molecular flexibility index (Phi) is 2.35. The van der Waals surface area contributed by atoms with Gasteiger partial charge in [-0.15, -0.1) is 0 Å². The van der Waals surface area contributed by atoms with Gasteiger partial charge in [0.1, 0.15) is 0 Å². The summed E-state index contributed by atoms with van der Waals surface area (Å²) >= 11 is 0. The van der Waals surface area contributed by atoms with Crippen molar-refractivity contribution in [2.45, 2.75) is 71.7 Å². The molecule has 0 aromatic carbocycles. The van der Waals surface area contributed by atoms with E-state index in [-0.39, 0.29) is 29.0 Å². The number of carbonyl (C=O) groups is 1. The summed E-state index contributed by atoms with van der Waals surface area (Å²) in [5.41, 5.74) is -0.318. The number of aliphatic hydroxyl groups excluding tert-OH is 1. The SMILES string of the molecule is [2H]C1(C)C[C@H]2[C@@H]3CCC4=CC(=O)CC[C@]4(C([2H])([2H])[2H])[C@H]3CC[C@]2(C)[C@H]1O. The van der Waals surface area contributed by atoms with Crippen molar-refractivity contribution >= 4 is 5.78 Å². The topological polar surface area (TPSA) is 37.3 Å². The first-order valence-electron chi connectivity index (χ1n) is 10.9. The Balaban J connectivity index is 1.79. The highest BCUT2D eigenvalue weighted by atomic mass is 16.3. The lowest BCUT2D eigenvalue weighted by molar-refractivity contribution is -0.118. The van der Waals surface area contributed by atoms with Gasteiger partial charge in [0.25, 0.3) is 0 Å². The van der Waals surface area contributed by atoms with Gasteiger partial charge < -0.3 is 5.11 Å². The van der Waals surface area contributed by atoms with Crippen LogP contribution in [0.4, 0.5) is 0 Å². The van der Waals surface area contributed by atoms with Crippen LogP contribution >= 0.6 is 0 Å². The van der Waals surface area contributed by atoms with Crippen molar-refractivity contribution in [1.82, 2.24) is 0 Å². The predicted octanol–water partition coefficient (Wildman–Crippen LogP) is 4.13. The third kappa shape index (κ3) is 1.79. The van der Waals surface area contributed by atoms with E-state index in [2.05, 4.69) is 6.92 Å². The fourth-order valence-corrected chi connectivity index (χ4v) is 6.31. The van der Waals surface area contributed by atoms with E-state index in [1.807, 2.05) is 6.92 Å². The van der Waals surface area contributed by atoms with Gasteiger partial charge in [-0.05, 0) is 79.1 Å². The molecule has 4 aliphatic carbocycles. The molecule has 4 aliphatic rings. The Morgan fingerprint density at radius 1 is 1.32 bits per heavy atom. The third-order valence-corrected chi connectivity index (χ3v) is 7.56. The number of fused-ring (bicyclic) bond motifs is 5. The van der Waals surface area contributed by atoms with Crippen LogP contribution in [0.5, 0.6) is 0 Å². The molecule has 0 heterocycles. The number of allylic oxidation sites excluding steroid dienone is 1. The molecule has 22 heavy (non-hydrogen) atoms. The minimum atomic E-state index is -2.11. The van der Waals surface area contributed by atoms with Crippen LogP contribution < -0.4 is 0 Å². The maximum atomic E-state index is 12.0. The van der Waals surface area contributed by atoms with E-state index in [4.69, 9.17) is 5.48 Å². The number of hydrogen-bond acceptors (Lipinski definition) is 2. The second-order valence-electron chi connectivity index (χ2n) is 8.52. The quantitative estimate of drug-likeness (QED) is 0.731. The lowest BCUT2D eigenvalue weighted by Crippen LogP contribution is -2.51. The first kappa shape index (κ1) is 11.0. The summed E-state index contributed by atoms with van der Waals surface area (Å²) in [5, 5.41) is 10.8. The highest BCUT2D eigenvalue weighted by molar-refractivity contribution is 5.91. The Hall–Kier alpha value is -0.630. The molecule has 0 saturated heterocycles. The molecular formula is C20H30O2. The molecule has 0 spiro atoms. The molecular weight excluding hydrogens is 272 g/mol. The number of aliphatic hydroxyl groups is 1. The summed E-state index contributed by atoms with van der Waals surface area (Å²) in [6.07, 6.45) is 5.47. The van der Waals surface area contributed by atoms with Gasteiger partial charge in [0.15, 0.2) is 5.78 Å². The van der Waals surface area contributed by atoms with E-state index >= 15 is 0 Å². The molecule has 4 rings (SSSR count). The summed E-state index contributed by atoms with van der Waals surface area (Å²) in [6.45, 7) is 1.82. The largest absolute Gasteiger partial charge is 0.392 e. The van der Waals surface area contributed by atoms with Crippen molar-refractivity contribution in [3.63, 3.8) is 0 Å². The zero-order valence-corrected chi connectivity index (χ0v) is 13.7. The maximum absolute atomic E-state index is 12.0. The van der Waals surface area contributed by atoms with Gasteiger partial charge in [0, 0.05) is 11.9 Å². The molecule has 122 valence electrons. The van der Waals surface area contributed by atoms with Gasteiger partial charge in [-0.1, -0.05) is 26.3 Å². The van der Waals surface area contributed by atoms with E-state index in [0.717, 1.165) is 24.8 Å². The van der Waals surface area contributed by atoms with E-state index in [1.54, 1.807) is 6.08 Å². The van der Waals surface area contributed by atoms with Gasteiger partial charge in [0.2, 0.25) is 0 Å². The highest BCUT2D eigenvalue weighted by Gasteiger charge is 2.60. The maximum Gasteiger partial charge on any atom is 0.155 e. The van der Waals surface area contributed by atoms with Crippen LogP contribution in [-0.2, 0) is 4.79 Å². The average Bonchev–Trinajstić information content (AvgIpc) is 2.73. The van der Waals surface area contributed by atoms with Crippen LogP contribution in [0, 0.1) is 34.5 Å². The van der Waals surface area contributed by atoms with Crippen LogP contribution in [0.1, 0.15) is 71.1 Å². The normalized spacial score (nSPS) is 60.9. The summed E-state index contributed by atoms with van der Waals surface area (Å²) in [6, 6.07) is 0. The summed E-state index contributed by atoms with van der Waals surface area (Å²) < 4.78 is 33.7. The molecule has 3 fully saturated rings. The van der Waals surface area contributed by atoms with Crippen molar-refractivity contribution in [2.24, 2.45) is 34.5 Å². The molecule has 1 N–H and O–H groups in total. The van der Waals surface area contributed by atoms with Crippen LogP contribution in [-0.4, -0.2) is 17.0 Å². The van der Waals surface area contributed by atoms with Crippen molar-refractivity contribution < 1.29 is 15.4 Å². The van der Waals surface area contributed by atoms with Crippen LogP contribution in [0.25, 0.3) is 0 Å². The second-order valence-corrected chi connectivity index (χ2v) is 8.52. The molecule has 0 aliphatic heterocycles. The highest BCUT2D eigenvalue weighted by Crippen LogP contribution is 2.65. The minimum absolute atomic E-state index is 0.0299. The first-order chi connectivity index (χ1) is 11.9. The zero-order chi connectivity index (χ0) is 19.1. The van der Waals surface area contributed by atoms with Crippen molar-refractivity contribution in [3.05, 3.63) is 11.6 Å². The molecule has 0 bridgehead atoms. The average molecular weight is 306 g/mol. The minimum Gasteiger partial charge on any atom is -0.392 e. The summed E-state index contributed by atoms with van der Waals surface area (Å²) in [5.74, 6) is -0.352. The van der Waals surface area contributed by atoms with Gasteiger partial charge in [-0.2, -0.15) is 0 Å². The molecule has 2 nitrogen and oxygen atoms in total. The summed E-state index contributed by atoms with van der Waals surface area (Å²) in [7, 11) is 0. The first-order valence-corrected chi connectivity index (χ1v) is 8.85. The van der Waals surface area contributed by atoms with Crippen LogP contribution in [0.3, 0.4) is 0 Å². The third-order valence-electron chi connectivity index (χ3n) is 7.56. The fraction of sp³-hybridized carbons (Fsp3) is 0.850. The smallest absolute Gasteiger partial charge is 0.155 e. The van der Waals surface area contributed by atoms with Crippen molar-refractivity contribution in [3.8, 4) is 0 Å². The predicted molar refractivity (Wildman–Crippen MR) is 87.3 cm³/mol. The van der Waals surface area contributed by atoms with Crippen LogP contribution in [0.15, 0.2) is 11.6 Å². The van der Waals surface area contributed by atoms with E-state index in [0.29, 0.717) is 25.7 Å². The Labute approximate surface area is 140 Å². The Bertz CT molecular complexity index is 667. The van der Waals surface area contributed by atoms with E-state index in [1.165, 1.54) is 0 Å². The van der Waals surface area contributed by atoms with E-state index in [9.17, 15) is 9.90 Å². The van der Waals surface area contributed by atoms with Gasteiger partial charge in [-0.3, -0.25) is 4.79 Å². The Morgan fingerprint density at radius 2 is 2.14 bits per heavy atom. The van der Waals surface area contributed by atoms with Crippen molar-refractivity contribution in [1.29, 1.82) is 0 Å². The molecule has 2 heteroatoms. The molecule has 0 radical (unpaired) electrons. The summed E-state index contributed by atoms with van der Waals surface area (Å²) in [4.78, 5) is 12.0.